The number of rotatable bonds is 4. The fourth-order valence-electron chi connectivity index (χ4n) is 1.12. The van der Waals surface area contributed by atoms with Crippen LogP contribution >= 0.6 is 0 Å². The summed E-state index contributed by atoms with van der Waals surface area (Å²) in [4.78, 5) is 0.0847. The second-order valence-corrected chi connectivity index (χ2v) is 4.54. The third-order valence-electron chi connectivity index (χ3n) is 1.85. The predicted molar refractivity (Wildman–Crippen MR) is 52.1 cm³/mol. The quantitative estimate of drug-likeness (QED) is 0.824. The van der Waals surface area contributed by atoms with Crippen molar-refractivity contribution in [3.8, 4) is 0 Å². The topological polar surface area (TPSA) is 60.2 Å². The zero-order chi connectivity index (χ0) is 10.6. The SMILES string of the molecule is NS(=O)(=O)c1ccc(CCCF)cc1. The van der Waals surface area contributed by atoms with Gasteiger partial charge in [0.2, 0.25) is 10.0 Å². The van der Waals surface area contributed by atoms with Gasteiger partial charge in [-0.2, -0.15) is 0 Å². The maximum Gasteiger partial charge on any atom is 0.238 e. The van der Waals surface area contributed by atoms with E-state index in [1.54, 1.807) is 12.1 Å². The maximum atomic E-state index is 11.8. The average molecular weight is 217 g/mol. The van der Waals surface area contributed by atoms with E-state index in [-0.39, 0.29) is 11.6 Å². The molecule has 0 bridgehead atoms. The molecule has 78 valence electrons. The van der Waals surface area contributed by atoms with Gasteiger partial charge in [0.15, 0.2) is 0 Å². The van der Waals surface area contributed by atoms with Gasteiger partial charge in [-0.15, -0.1) is 0 Å². The number of halogens is 1. The van der Waals surface area contributed by atoms with Crippen molar-refractivity contribution in [1.82, 2.24) is 0 Å². The van der Waals surface area contributed by atoms with E-state index in [2.05, 4.69) is 0 Å². The number of aryl methyl sites for hydroxylation is 1. The third-order valence-corrected chi connectivity index (χ3v) is 2.78. The van der Waals surface area contributed by atoms with Crippen LogP contribution in [0.4, 0.5) is 4.39 Å². The molecule has 5 heteroatoms. The Bertz CT molecular complexity index is 386. The number of nitrogens with two attached hydrogens (primary N) is 1. The first kappa shape index (κ1) is 11.1. The highest BCUT2D eigenvalue weighted by molar-refractivity contribution is 7.89. The van der Waals surface area contributed by atoms with E-state index in [0.717, 1.165) is 5.56 Å². The molecule has 0 saturated carbocycles. The molecule has 0 spiro atoms. The number of primary sulfonamides is 1. The smallest absolute Gasteiger partial charge is 0.238 e. The minimum Gasteiger partial charge on any atom is -0.251 e. The first-order valence-electron chi connectivity index (χ1n) is 4.22. The summed E-state index contributed by atoms with van der Waals surface area (Å²) in [6.45, 7) is -0.364. The van der Waals surface area contributed by atoms with Crippen LogP contribution in [0.15, 0.2) is 29.2 Å². The van der Waals surface area contributed by atoms with Crippen molar-refractivity contribution >= 4 is 10.0 Å². The van der Waals surface area contributed by atoms with Crippen LogP contribution in [-0.4, -0.2) is 15.1 Å². The number of sulfonamides is 1. The Hall–Kier alpha value is -0.940. The first-order valence-corrected chi connectivity index (χ1v) is 5.76. The Morgan fingerprint density at radius 3 is 2.21 bits per heavy atom. The van der Waals surface area contributed by atoms with Crippen LogP contribution in [0.25, 0.3) is 0 Å². The van der Waals surface area contributed by atoms with Crippen LogP contribution in [0.3, 0.4) is 0 Å². The Kier molecular flexibility index (Phi) is 3.60. The summed E-state index contributed by atoms with van der Waals surface area (Å²) >= 11 is 0. The first-order chi connectivity index (χ1) is 6.54. The van der Waals surface area contributed by atoms with Crippen LogP contribution in [0.1, 0.15) is 12.0 Å². The van der Waals surface area contributed by atoms with Crippen LogP contribution < -0.4 is 5.14 Å². The van der Waals surface area contributed by atoms with Gasteiger partial charge in [-0.05, 0) is 30.5 Å². The van der Waals surface area contributed by atoms with Crippen molar-refractivity contribution in [2.45, 2.75) is 17.7 Å². The third kappa shape index (κ3) is 3.08. The average Bonchev–Trinajstić information content (AvgIpc) is 2.14. The lowest BCUT2D eigenvalue weighted by atomic mass is 10.1. The van der Waals surface area contributed by atoms with Crippen molar-refractivity contribution in [3.05, 3.63) is 29.8 Å². The van der Waals surface area contributed by atoms with E-state index in [4.69, 9.17) is 5.14 Å². The highest BCUT2D eigenvalue weighted by Crippen LogP contribution is 2.10. The fraction of sp³-hybridized carbons (Fsp3) is 0.333. The monoisotopic (exact) mass is 217 g/mol. The second-order valence-electron chi connectivity index (χ2n) is 2.98. The Morgan fingerprint density at radius 1 is 1.21 bits per heavy atom. The minimum atomic E-state index is -3.61. The van der Waals surface area contributed by atoms with Gasteiger partial charge in [-0.25, -0.2) is 13.6 Å². The summed E-state index contributed by atoms with van der Waals surface area (Å²) in [5.74, 6) is 0. The van der Waals surface area contributed by atoms with E-state index in [1.807, 2.05) is 0 Å². The van der Waals surface area contributed by atoms with Gasteiger partial charge in [-0.1, -0.05) is 12.1 Å². The van der Waals surface area contributed by atoms with Crippen molar-refractivity contribution < 1.29 is 12.8 Å². The van der Waals surface area contributed by atoms with Crippen molar-refractivity contribution in [1.29, 1.82) is 0 Å². The van der Waals surface area contributed by atoms with Crippen molar-refractivity contribution in [2.75, 3.05) is 6.67 Å². The van der Waals surface area contributed by atoms with Crippen molar-refractivity contribution in [3.63, 3.8) is 0 Å². The number of alkyl halides is 1. The van der Waals surface area contributed by atoms with E-state index in [9.17, 15) is 12.8 Å². The van der Waals surface area contributed by atoms with Gasteiger partial charge in [-0.3, -0.25) is 4.39 Å². The molecule has 14 heavy (non-hydrogen) atoms. The van der Waals surface area contributed by atoms with Crippen LogP contribution in [-0.2, 0) is 16.4 Å². The zero-order valence-electron chi connectivity index (χ0n) is 7.61. The van der Waals surface area contributed by atoms with Gasteiger partial charge in [0, 0.05) is 0 Å². The summed E-state index contributed by atoms with van der Waals surface area (Å²) in [5.41, 5.74) is 0.912. The molecule has 0 heterocycles. The molecule has 0 aliphatic carbocycles. The number of hydrogen-bond acceptors (Lipinski definition) is 2. The van der Waals surface area contributed by atoms with Crippen LogP contribution in [0.5, 0.6) is 0 Å². The molecule has 0 amide bonds. The van der Waals surface area contributed by atoms with Gasteiger partial charge >= 0.3 is 0 Å². The summed E-state index contributed by atoms with van der Waals surface area (Å²) in [6.07, 6.45) is 1.07. The van der Waals surface area contributed by atoms with Gasteiger partial charge < -0.3 is 0 Å². The van der Waals surface area contributed by atoms with E-state index in [1.165, 1.54) is 12.1 Å². The summed E-state index contributed by atoms with van der Waals surface area (Å²) in [7, 11) is -3.61. The second kappa shape index (κ2) is 4.52. The zero-order valence-corrected chi connectivity index (χ0v) is 8.43. The number of hydrogen-bond donors (Lipinski definition) is 1. The summed E-state index contributed by atoms with van der Waals surface area (Å²) in [6, 6.07) is 6.16. The molecule has 2 N–H and O–H groups in total. The molecule has 0 unspecified atom stereocenters. The lowest BCUT2D eigenvalue weighted by molar-refractivity contribution is 0.473. The molecule has 0 aliphatic heterocycles. The van der Waals surface area contributed by atoms with E-state index in [0.29, 0.717) is 12.8 Å². The van der Waals surface area contributed by atoms with E-state index >= 15 is 0 Å². The Balaban J connectivity index is 2.79. The molecule has 0 saturated heterocycles. The molecule has 0 atom stereocenters. The lowest BCUT2D eigenvalue weighted by Crippen LogP contribution is -2.11. The lowest BCUT2D eigenvalue weighted by Gasteiger charge is -2.00. The standard InChI is InChI=1S/C9H12FNO2S/c10-7-1-2-8-3-5-9(6-4-8)14(11,12)13/h3-6H,1-2,7H2,(H2,11,12,13). The molecule has 0 aliphatic rings. The molecule has 1 aromatic rings. The fourth-order valence-corrected chi connectivity index (χ4v) is 1.63. The van der Waals surface area contributed by atoms with Gasteiger partial charge in [0.05, 0.1) is 11.6 Å². The minimum absolute atomic E-state index is 0.0847. The molecule has 1 rings (SSSR count). The molecular weight excluding hydrogens is 205 g/mol. The molecule has 1 aromatic carbocycles. The highest BCUT2D eigenvalue weighted by atomic mass is 32.2. The Morgan fingerprint density at radius 2 is 1.79 bits per heavy atom. The molecule has 3 nitrogen and oxygen atoms in total. The largest absolute Gasteiger partial charge is 0.251 e. The van der Waals surface area contributed by atoms with Crippen LogP contribution in [0, 0.1) is 0 Å². The highest BCUT2D eigenvalue weighted by Gasteiger charge is 2.06. The van der Waals surface area contributed by atoms with Crippen molar-refractivity contribution in [2.24, 2.45) is 5.14 Å². The summed E-state index contributed by atoms with van der Waals surface area (Å²) in [5, 5.41) is 4.92. The molecular formula is C9H12FNO2S. The maximum absolute atomic E-state index is 11.8. The van der Waals surface area contributed by atoms with Crippen LogP contribution in [0.2, 0.25) is 0 Å². The molecule has 0 fully saturated rings. The predicted octanol–water partition coefficient (Wildman–Crippen LogP) is 1.24. The van der Waals surface area contributed by atoms with Gasteiger partial charge in [0.1, 0.15) is 0 Å². The number of benzene rings is 1. The summed E-state index contributed by atoms with van der Waals surface area (Å²) < 4.78 is 33.6. The molecule has 0 radical (unpaired) electrons. The Labute approximate surface area is 82.8 Å². The van der Waals surface area contributed by atoms with Gasteiger partial charge in [0.25, 0.3) is 0 Å². The van der Waals surface area contributed by atoms with E-state index < -0.39 is 10.0 Å². The normalized spacial score (nSPS) is 11.6. The molecule has 0 aromatic heterocycles.